The molecular formula is C23H30N2O4. The predicted octanol–water partition coefficient (Wildman–Crippen LogP) is 3.67. The van der Waals surface area contributed by atoms with Gasteiger partial charge in [-0.1, -0.05) is 30.7 Å². The van der Waals surface area contributed by atoms with E-state index in [1.807, 2.05) is 18.2 Å². The summed E-state index contributed by atoms with van der Waals surface area (Å²) in [6.07, 6.45) is 3.58. The van der Waals surface area contributed by atoms with Crippen molar-refractivity contribution in [3.05, 3.63) is 53.6 Å². The summed E-state index contributed by atoms with van der Waals surface area (Å²) in [5.41, 5.74) is 1.50. The van der Waals surface area contributed by atoms with Crippen LogP contribution >= 0.6 is 0 Å². The van der Waals surface area contributed by atoms with E-state index in [1.165, 1.54) is 19.3 Å². The van der Waals surface area contributed by atoms with Gasteiger partial charge in [0.1, 0.15) is 22.8 Å². The molecule has 1 heterocycles. The van der Waals surface area contributed by atoms with Crippen LogP contribution in [0, 0.1) is 0 Å². The van der Waals surface area contributed by atoms with E-state index in [-0.39, 0.29) is 11.9 Å². The third-order valence-electron chi connectivity index (χ3n) is 5.44. The number of carbonyl (C=O) groups excluding carboxylic acids is 1. The highest BCUT2D eigenvalue weighted by molar-refractivity contribution is 5.99. The maximum atomic E-state index is 13.1. The molecule has 1 amide bonds. The first-order valence-corrected chi connectivity index (χ1v) is 10.1. The number of rotatable bonds is 8. The Bertz CT molecular complexity index is 796. The summed E-state index contributed by atoms with van der Waals surface area (Å²) < 4.78 is 16.4. The van der Waals surface area contributed by atoms with Crippen molar-refractivity contribution in [3.63, 3.8) is 0 Å². The van der Waals surface area contributed by atoms with Gasteiger partial charge in [0, 0.05) is 12.1 Å². The van der Waals surface area contributed by atoms with Gasteiger partial charge in [-0.25, -0.2) is 0 Å². The Labute approximate surface area is 172 Å². The number of amides is 1. The van der Waals surface area contributed by atoms with Gasteiger partial charge in [-0.15, -0.1) is 0 Å². The molecule has 1 aliphatic rings. The van der Waals surface area contributed by atoms with Crippen molar-refractivity contribution in [3.8, 4) is 17.2 Å². The average molecular weight is 399 g/mol. The Balaban J connectivity index is 1.85. The lowest BCUT2D eigenvalue weighted by Crippen LogP contribution is -2.41. The number of hydrogen-bond acceptors (Lipinski definition) is 5. The van der Waals surface area contributed by atoms with Crippen LogP contribution in [0.2, 0.25) is 0 Å². The smallest absolute Gasteiger partial charge is 0.258 e. The molecule has 0 aromatic heterocycles. The van der Waals surface area contributed by atoms with E-state index in [4.69, 9.17) is 14.2 Å². The summed E-state index contributed by atoms with van der Waals surface area (Å²) >= 11 is 0. The van der Waals surface area contributed by atoms with Gasteiger partial charge in [0.2, 0.25) is 0 Å². The van der Waals surface area contributed by atoms with E-state index in [1.54, 1.807) is 39.5 Å². The number of piperidine rings is 1. The highest BCUT2D eigenvalue weighted by atomic mass is 16.5. The fraction of sp³-hybridized carbons (Fsp3) is 0.435. The van der Waals surface area contributed by atoms with Gasteiger partial charge < -0.3 is 19.5 Å². The quantitative estimate of drug-likeness (QED) is 0.735. The topological polar surface area (TPSA) is 60.0 Å². The molecule has 2 aromatic rings. The molecule has 1 saturated heterocycles. The Morgan fingerprint density at radius 3 is 2.10 bits per heavy atom. The normalized spacial score (nSPS) is 15.4. The number of nitrogens with zero attached hydrogens (tertiary/aromatic N) is 1. The lowest BCUT2D eigenvalue weighted by atomic mass is 10.0. The first-order chi connectivity index (χ1) is 14.2. The monoisotopic (exact) mass is 398 g/mol. The predicted molar refractivity (Wildman–Crippen MR) is 113 cm³/mol. The van der Waals surface area contributed by atoms with Gasteiger partial charge in [0.05, 0.1) is 27.4 Å². The molecular weight excluding hydrogens is 368 g/mol. The molecule has 0 spiro atoms. The molecule has 1 aliphatic heterocycles. The fourth-order valence-corrected chi connectivity index (χ4v) is 3.96. The largest absolute Gasteiger partial charge is 0.496 e. The van der Waals surface area contributed by atoms with Gasteiger partial charge in [-0.05, 0) is 44.1 Å². The molecule has 0 bridgehead atoms. The summed E-state index contributed by atoms with van der Waals surface area (Å²) in [5, 5.41) is 3.10. The van der Waals surface area contributed by atoms with Gasteiger partial charge in [-0.2, -0.15) is 0 Å². The van der Waals surface area contributed by atoms with E-state index < -0.39 is 0 Å². The van der Waals surface area contributed by atoms with Crippen LogP contribution < -0.4 is 19.5 Å². The Kier molecular flexibility index (Phi) is 7.36. The summed E-state index contributed by atoms with van der Waals surface area (Å²) in [5.74, 6) is 1.62. The van der Waals surface area contributed by atoms with Crippen LogP contribution in [-0.4, -0.2) is 51.8 Å². The molecule has 3 rings (SSSR count). The molecule has 2 aromatic carbocycles. The van der Waals surface area contributed by atoms with Gasteiger partial charge in [0.25, 0.3) is 5.91 Å². The lowest BCUT2D eigenvalue weighted by Gasteiger charge is -2.35. The zero-order valence-corrected chi connectivity index (χ0v) is 17.4. The lowest BCUT2D eigenvalue weighted by molar-refractivity contribution is 0.0917. The summed E-state index contributed by atoms with van der Waals surface area (Å²) in [4.78, 5) is 15.5. The number of carbonyl (C=O) groups is 1. The van der Waals surface area contributed by atoms with Crippen molar-refractivity contribution in [1.82, 2.24) is 10.2 Å². The van der Waals surface area contributed by atoms with E-state index >= 15 is 0 Å². The zero-order valence-electron chi connectivity index (χ0n) is 17.4. The second-order valence-electron chi connectivity index (χ2n) is 7.10. The minimum Gasteiger partial charge on any atom is -0.496 e. The van der Waals surface area contributed by atoms with Crippen LogP contribution in [0.1, 0.15) is 41.2 Å². The number of hydrogen-bond donors (Lipinski definition) is 1. The minimum absolute atomic E-state index is 0.0381. The molecule has 156 valence electrons. The number of ether oxygens (including phenoxy) is 3. The highest BCUT2D eigenvalue weighted by Crippen LogP contribution is 2.32. The van der Waals surface area contributed by atoms with E-state index in [0.29, 0.717) is 23.6 Å². The molecule has 29 heavy (non-hydrogen) atoms. The molecule has 1 N–H and O–H groups in total. The SMILES string of the molecule is COc1ccccc1C(CNC(=O)c1c(OC)cccc1OC)N1CCCCC1. The minimum atomic E-state index is -0.212. The van der Waals surface area contributed by atoms with Crippen LogP contribution in [0.15, 0.2) is 42.5 Å². The molecule has 6 nitrogen and oxygen atoms in total. The highest BCUT2D eigenvalue weighted by Gasteiger charge is 2.26. The second-order valence-corrected chi connectivity index (χ2v) is 7.10. The number of para-hydroxylation sites is 1. The standard InChI is InChI=1S/C23H30N2O4/c1-27-19-11-6-5-10-17(19)18(25-14-7-4-8-15-25)16-24-23(26)22-20(28-2)12-9-13-21(22)29-3/h5-6,9-13,18H,4,7-8,14-16H2,1-3H3,(H,24,26). The molecule has 1 fully saturated rings. The maximum absolute atomic E-state index is 13.1. The number of nitrogens with one attached hydrogen (secondary N) is 1. The van der Waals surface area contributed by atoms with E-state index in [9.17, 15) is 4.79 Å². The molecule has 0 aliphatic carbocycles. The Hall–Kier alpha value is -2.73. The summed E-state index contributed by atoms with van der Waals surface area (Å²) in [7, 11) is 4.79. The number of likely N-dealkylation sites (tertiary alicyclic amines) is 1. The number of benzene rings is 2. The Morgan fingerprint density at radius 2 is 1.48 bits per heavy atom. The maximum Gasteiger partial charge on any atom is 0.258 e. The molecule has 0 radical (unpaired) electrons. The third kappa shape index (κ3) is 4.82. The zero-order chi connectivity index (χ0) is 20.6. The van der Waals surface area contributed by atoms with Gasteiger partial charge in [0.15, 0.2) is 0 Å². The van der Waals surface area contributed by atoms with Crippen LogP contribution in [-0.2, 0) is 0 Å². The fourth-order valence-electron chi connectivity index (χ4n) is 3.96. The first-order valence-electron chi connectivity index (χ1n) is 10.1. The van der Waals surface area contributed by atoms with Crippen LogP contribution in [0.25, 0.3) is 0 Å². The van der Waals surface area contributed by atoms with Crippen molar-refractivity contribution in [2.45, 2.75) is 25.3 Å². The van der Waals surface area contributed by atoms with E-state index in [2.05, 4.69) is 16.3 Å². The Morgan fingerprint density at radius 1 is 0.897 bits per heavy atom. The van der Waals surface area contributed by atoms with Crippen molar-refractivity contribution in [2.24, 2.45) is 0 Å². The van der Waals surface area contributed by atoms with Crippen LogP contribution in [0.5, 0.6) is 17.2 Å². The van der Waals surface area contributed by atoms with E-state index in [0.717, 1.165) is 24.4 Å². The van der Waals surface area contributed by atoms with Crippen molar-refractivity contribution < 1.29 is 19.0 Å². The molecule has 1 atom stereocenters. The third-order valence-corrected chi connectivity index (χ3v) is 5.44. The van der Waals surface area contributed by atoms with Gasteiger partial charge in [-0.3, -0.25) is 9.69 Å². The van der Waals surface area contributed by atoms with Crippen molar-refractivity contribution in [2.75, 3.05) is 41.0 Å². The number of methoxy groups -OCH3 is 3. The summed E-state index contributed by atoms with van der Waals surface area (Å²) in [6.45, 7) is 2.49. The summed E-state index contributed by atoms with van der Waals surface area (Å²) in [6, 6.07) is 13.4. The second kappa shape index (κ2) is 10.2. The van der Waals surface area contributed by atoms with Crippen LogP contribution in [0.3, 0.4) is 0 Å². The van der Waals surface area contributed by atoms with Crippen molar-refractivity contribution in [1.29, 1.82) is 0 Å². The first kappa shape index (κ1) is 21.0. The van der Waals surface area contributed by atoms with Crippen LogP contribution in [0.4, 0.5) is 0 Å². The molecule has 6 heteroatoms. The average Bonchev–Trinajstić information content (AvgIpc) is 2.79. The molecule has 1 unspecified atom stereocenters. The molecule has 0 saturated carbocycles. The van der Waals surface area contributed by atoms with Gasteiger partial charge >= 0.3 is 0 Å². The van der Waals surface area contributed by atoms with Crippen molar-refractivity contribution >= 4 is 5.91 Å².